The summed E-state index contributed by atoms with van der Waals surface area (Å²) in [4.78, 5) is 35.7. The van der Waals surface area contributed by atoms with E-state index in [4.69, 9.17) is 9.47 Å². The molecular weight excluding hydrogens is 274 g/mol. The lowest BCUT2D eigenvalue weighted by atomic mass is 10.1. The van der Waals surface area contributed by atoms with Crippen LogP contribution in [0.1, 0.15) is 12.0 Å². The van der Waals surface area contributed by atoms with Gasteiger partial charge in [0.25, 0.3) is 0 Å². The van der Waals surface area contributed by atoms with Gasteiger partial charge in [0, 0.05) is 6.08 Å². The van der Waals surface area contributed by atoms with Crippen LogP contribution < -0.4 is 0 Å². The van der Waals surface area contributed by atoms with E-state index in [1.165, 1.54) is 4.90 Å². The number of rotatable bonds is 4. The van der Waals surface area contributed by atoms with E-state index in [1.807, 2.05) is 30.3 Å². The molecule has 0 aliphatic carbocycles. The van der Waals surface area contributed by atoms with Gasteiger partial charge in [-0.15, -0.1) is 0 Å². The molecule has 0 N–H and O–H groups in total. The van der Waals surface area contributed by atoms with Gasteiger partial charge in [-0.05, 0) is 5.56 Å². The predicted octanol–water partition coefficient (Wildman–Crippen LogP) is 0.770. The molecule has 2 aliphatic rings. The Balaban J connectivity index is 1.71. The summed E-state index contributed by atoms with van der Waals surface area (Å²) in [6, 6.07) is 8.26. The molecule has 0 aromatic heterocycles. The zero-order valence-electron chi connectivity index (χ0n) is 11.1. The minimum absolute atomic E-state index is 0.108. The van der Waals surface area contributed by atoms with E-state index in [9.17, 15) is 14.4 Å². The predicted molar refractivity (Wildman–Crippen MR) is 70.5 cm³/mol. The first-order valence-electron chi connectivity index (χ1n) is 6.54. The van der Waals surface area contributed by atoms with Crippen molar-refractivity contribution in [3.8, 4) is 0 Å². The van der Waals surface area contributed by atoms with Crippen molar-refractivity contribution >= 4 is 18.2 Å². The Morgan fingerprint density at radius 2 is 2.14 bits per heavy atom. The fourth-order valence-corrected chi connectivity index (χ4v) is 2.40. The Morgan fingerprint density at radius 1 is 1.38 bits per heavy atom. The molecule has 1 aromatic rings. The van der Waals surface area contributed by atoms with Crippen LogP contribution in [0.5, 0.6) is 0 Å². The van der Waals surface area contributed by atoms with E-state index >= 15 is 0 Å². The molecule has 0 spiro atoms. The van der Waals surface area contributed by atoms with Gasteiger partial charge in [0.05, 0.1) is 6.42 Å². The van der Waals surface area contributed by atoms with Crippen LogP contribution in [0.25, 0.3) is 0 Å². The second-order valence-electron chi connectivity index (χ2n) is 4.78. The highest BCUT2D eigenvalue weighted by molar-refractivity contribution is 5.92. The van der Waals surface area contributed by atoms with Crippen LogP contribution in [0.15, 0.2) is 42.2 Å². The monoisotopic (exact) mass is 287 g/mol. The number of fused-ring (bicyclic) bond motifs is 1. The molecular formula is C15H13NO5. The number of carbonyl (C=O) groups excluding carboxylic acids is 3. The summed E-state index contributed by atoms with van der Waals surface area (Å²) in [5.41, 5.74) is 0.845. The van der Waals surface area contributed by atoms with Crippen molar-refractivity contribution in [2.75, 3.05) is 0 Å². The largest absolute Gasteiger partial charge is 0.471 e. The number of ether oxygens (including phenoxy) is 2. The third-order valence-corrected chi connectivity index (χ3v) is 3.45. The average Bonchev–Trinajstić information content (AvgIpc) is 2.79. The van der Waals surface area contributed by atoms with Crippen LogP contribution >= 0.6 is 0 Å². The lowest BCUT2D eigenvalue weighted by molar-refractivity contribution is -0.166. The number of hydrogen-bond acceptors (Lipinski definition) is 5. The molecule has 1 aromatic carbocycles. The number of β-lactam (4-membered cyclic amide) rings is 1. The van der Waals surface area contributed by atoms with Crippen LogP contribution in [0, 0.1) is 0 Å². The van der Waals surface area contributed by atoms with Crippen LogP contribution in [-0.2, 0) is 30.5 Å². The summed E-state index contributed by atoms with van der Waals surface area (Å²) in [7, 11) is 0. The van der Waals surface area contributed by atoms with E-state index in [0.717, 1.165) is 11.6 Å². The van der Waals surface area contributed by atoms with Gasteiger partial charge in [-0.2, -0.15) is 0 Å². The van der Waals surface area contributed by atoms with E-state index in [2.05, 4.69) is 0 Å². The van der Waals surface area contributed by atoms with Gasteiger partial charge in [-0.3, -0.25) is 14.5 Å². The van der Waals surface area contributed by atoms with Crippen LogP contribution in [0.2, 0.25) is 0 Å². The molecule has 6 nitrogen and oxygen atoms in total. The molecule has 1 unspecified atom stereocenters. The van der Waals surface area contributed by atoms with Crippen molar-refractivity contribution in [2.24, 2.45) is 0 Å². The molecule has 0 radical (unpaired) electrons. The fraction of sp³-hybridized carbons (Fsp3) is 0.267. The van der Waals surface area contributed by atoms with Gasteiger partial charge in [0.1, 0.15) is 18.7 Å². The Bertz CT molecular complexity index is 610. The maximum Gasteiger partial charge on any atom is 0.337 e. The van der Waals surface area contributed by atoms with E-state index < -0.39 is 18.2 Å². The van der Waals surface area contributed by atoms with Gasteiger partial charge in [0.2, 0.25) is 5.91 Å². The molecule has 2 atom stereocenters. The zero-order valence-corrected chi connectivity index (χ0v) is 11.1. The molecule has 2 saturated heterocycles. The topological polar surface area (TPSA) is 72.9 Å². The number of nitrogens with zero attached hydrogens (tertiary/aromatic N) is 1. The highest BCUT2D eigenvalue weighted by Crippen LogP contribution is 2.36. The second-order valence-corrected chi connectivity index (χ2v) is 4.78. The quantitative estimate of drug-likeness (QED) is 0.354. The van der Waals surface area contributed by atoms with E-state index in [-0.39, 0.29) is 24.7 Å². The first-order chi connectivity index (χ1) is 10.2. The van der Waals surface area contributed by atoms with Crippen molar-refractivity contribution in [1.82, 2.24) is 4.90 Å². The Morgan fingerprint density at radius 3 is 2.81 bits per heavy atom. The van der Waals surface area contributed by atoms with Gasteiger partial charge >= 0.3 is 5.97 Å². The molecule has 2 aliphatic heterocycles. The molecule has 0 bridgehead atoms. The van der Waals surface area contributed by atoms with Crippen molar-refractivity contribution in [3.05, 3.63) is 47.7 Å². The Labute approximate surface area is 120 Å². The molecule has 2 heterocycles. The highest BCUT2D eigenvalue weighted by Gasteiger charge is 2.54. The second kappa shape index (κ2) is 5.40. The van der Waals surface area contributed by atoms with Gasteiger partial charge in [-0.1, -0.05) is 30.3 Å². The maximum absolute atomic E-state index is 12.2. The summed E-state index contributed by atoms with van der Waals surface area (Å²) < 4.78 is 10.6. The molecule has 0 saturated carbocycles. The molecule has 3 rings (SSSR count). The smallest absolute Gasteiger partial charge is 0.337 e. The summed E-state index contributed by atoms with van der Waals surface area (Å²) in [5.74, 6) is -0.614. The normalized spacial score (nSPS) is 25.0. The van der Waals surface area contributed by atoms with E-state index in [0.29, 0.717) is 6.29 Å². The van der Waals surface area contributed by atoms with E-state index in [1.54, 1.807) is 0 Å². The number of carbonyl (C=O) groups is 3. The maximum atomic E-state index is 12.2. The molecule has 6 heteroatoms. The molecule has 21 heavy (non-hydrogen) atoms. The lowest BCUT2D eigenvalue weighted by Gasteiger charge is -2.33. The van der Waals surface area contributed by atoms with Crippen LogP contribution in [0.3, 0.4) is 0 Å². The van der Waals surface area contributed by atoms with Crippen molar-refractivity contribution < 1.29 is 23.9 Å². The third-order valence-electron chi connectivity index (χ3n) is 3.45. The van der Waals surface area contributed by atoms with Crippen molar-refractivity contribution in [3.63, 3.8) is 0 Å². The lowest BCUT2D eigenvalue weighted by Crippen LogP contribution is -2.55. The standard InChI is InChI=1S/C15H13NO5/c17-7-6-11-14(16-12(18)8-13(16)21-11)15(19)20-9-10-4-2-1-3-5-10/h1-7,13-14H,8-9H2/b11-6-/t13-,14?/m1/s1. The summed E-state index contributed by atoms with van der Waals surface area (Å²) >= 11 is 0. The van der Waals surface area contributed by atoms with Gasteiger partial charge in [-0.25, -0.2) is 4.79 Å². The number of benzene rings is 1. The molecule has 1 amide bonds. The van der Waals surface area contributed by atoms with Crippen molar-refractivity contribution in [2.45, 2.75) is 25.3 Å². The number of aldehydes is 1. The van der Waals surface area contributed by atoms with Crippen molar-refractivity contribution in [1.29, 1.82) is 0 Å². The third kappa shape index (κ3) is 2.40. The number of esters is 1. The Kier molecular flexibility index (Phi) is 3.43. The number of hydrogen-bond donors (Lipinski definition) is 0. The SMILES string of the molecule is O=C/C=C1\O[C@@H]2CC(=O)N2C1C(=O)OCc1ccccc1. The zero-order chi connectivity index (χ0) is 14.8. The van der Waals surface area contributed by atoms with Gasteiger partial charge < -0.3 is 9.47 Å². The molecule has 108 valence electrons. The van der Waals surface area contributed by atoms with Crippen LogP contribution in [-0.4, -0.2) is 35.3 Å². The fourth-order valence-electron chi connectivity index (χ4n) is 2.40. The summed E-state index contributed by atoms with van der Waals surface area (Å²) in [6.45, 7) is 0.108. The first-order valence-corrected chi connectivity index (χ1v) is 6.54. The minimum Gasteiger partial charge on any atom is -0.471 e. The molecule has 2 fully saturated rings. The van der Waals surface area contributed by atoms with Gasteiger partial charge in [0.15, 0.2) is 12.3 Å². The van der Waals surface area contributed by atoms with Crippen LogP contribution in [0.4, 0.5) is 0 Å². The first kappa shape index (κ1) is 13.4. The highest BCUT2D eigenvalue weighted by atomic mass is 16.6. The minimum atomic E-state index is -0.954. The number of amides is 1. The number of allylic oxidation sites excluding steroid dienone is 1. The summed E-state index contributed by atoms with van der Waals surface area (Å²) in [5, 5.41) is 0. The Hall–Kier alpha value is -2.63. The average molecular weight is 287 g/mol. The summed E-state index contributed by atoms with van der Waals surface area (Å²) in [6.07, 6.45) is 1.44.